The lowest BCUT2D eigenvalue weighted by Gasteiger charge is -2.07. The molecular weight excluding hydrogens is 269 g/mol. The van der Waals surface area contributed by atoms with Crippen molar-refractivity contribution in [3.05, 3.63) is 35.9 Å². The summed E-state index contributed by atoms with van der Waals surface area (Å²) in [5.74, 6) is 0.317. The summed E-state index contributed by atoms with van der Waals surface area (Å²) in [6.45, 7) is 0. The first-order valence-corrected chi connectivity index (χ1v) is 5.85. The van der Waals surface area contributed by atoms with E-state index >= 15 is 0 Å². The van der Waals surface area contributed by atoms with Gasteiger partial charge in [-0.05, 0) is 12.1 Å². The lowest BCUT2D eigenvalue weighted by Crippen LogP contribution is -2.05. The predicted molar refractivity (Wildman–Crippen MR) is 69.9 cm³/mol. The molecule has 20 heavy (non-hydrogen) atoms. The third-order valence-electron chi connectivity index (χ3n) is 3.14. The minimum atomic E-state index is -4.40. The number of benzene rings is 1. The highest BCUT2D eigenvalue weighted by Crippen LogP contribution is 2.36. The number of nitrogens with two attached hydrogens (primary N) is 1. The molecule has 104 valence electrons. The molecule has 2 heterocycles. The Balaban J connectivity index is 2.24. The van der Waals surface area contributed by atoms with Gasteiger partial charge in [0.1, 0.15) is 5.82 Å². The number of aromatic nitrogens is 3. The normalized spacial score (nSPS) is 12.2. The van der Waals surface area contributed by atoms with Crippen LogP contribution in [0.25, 0.3) is 22.3 Å². The van der Waals surface area contributed by atoms with Crippen molar-refractivity contribution < 1.29 is 13.2 Å². The number of alkyl halides is 3. The maximum absolute atomic E-state index is 13.0. The number of halogens is 3. The molecule has 0 atom stereocenters. The van der Waals surface area contributed by atoms with Gasteiger partial charge >= 0.3 is 6.18 Å². The Morgan fingerprint density at radius 2 is 2.00 bits per heavy atom. The van der Waals surface area contributed by atoms with Gasteiger partial charge in [0, 0.05) is 18.5 Å². The maximum Gasteiger partial charge on any atom is 0.418 e. The number of hydrogen-bond acceptors (Lipinski definition) is 2. The van der Waals surface area contributed by atoms with Gasteiger partial charge in [-0.15, -0.1) is 0 Å². The maximum atomic E-state index is 13.0. The molecule has 0 aliphatic carbocycles. The summed E-state index contributed by atoms with van der Waals surface area (Å²) in [6.07, 6.45) is -4.40. The Morgan fingerprint density at radius 1 is 1.25 bits per heavy atom. The molecule has 3 aromatic rings. The van der Waals surface area contributed by atoms with Crippen molar-refractivity contribution in [1.29, 1.82) is 0 Å². The molecule has 0 aliphatic heterocycles. The van der Waals surface area contributed by atoms with Crippen molar-refractivity contribution in [3.8, 4) is 11.4 Å². The lowest BCUT2D eigenvalue weighted by molar-refractivity contribution is -0.136. The number of H-pyrrole nitrogens is 1. The van der Waals surface area contributed by atoms with Crippen LogP contribution in [0.15, 0.2) is 30.3 Å². The molecule has 0 fully saturated rings. The van der Waals surface area contributed by atoms with Crippen LogP contribution in [0.4, 0.5) is 19.0 Å². The lowest BCUT2D eigenvalue weighted by atomic mass is 10.1. The van der Waals surface area contributed by atoms with Gasteiger partial charge in [-0.1, -0.05) is 12.1 Å². The summed E-state index contributed by atoms with van der Waals surface area (Å²) in [6, 6.07) is 7.34. The number of nitrogens with one attached hydrogen (secondary N) is 1. The summed E-state index contributed by atoms with van der Waals surface area (Å²) >= 11 is 0. The quantitative estimate of drug-likeness (QED) is 0.719. The van der Waals surface area contributed by atoms with Crippen LogP contribution in [0.2, 0.25) is 0 Å². The average Bonchev–Trinajstić information content (AvgIpc) is 2.89. The molecular formula is C13H11F3N4. The zero-order chi connectivity index (χ0) is 14.5. The monoisotopic (exact) mass is 280 g/mol. The number of nitrogens with zero attached hydrogens (tertiary/aromatic N) is 2. The zero-order valence-corrected chi connectivity index (χ0v) is 10.5. The number of fused-ring (bicyclic) bond motifs is 1. The molecule has 3 N–H and O–H groups in total. The first-order chi connectivity index (χ1) is 9.36. The predicted octanol–water partition coefficient (Wildman–Crippen LogP) is 3.17. The van der Waals surface area contributed by atoms with Gasteiger partial charge in [0.2, 0.25) is 0 Å². The van der Waals surface area contributed by atoms with E-state index < -0.39 is 11.7 Å². The minimum Gasteiger partial charge on any atom is -0.382 e. The highest BCUT2D eigenvalue weighted by atomic mass is 19.4. The third kappa shape index (κ3) is 1.91. The summed E-state index contributed by atoms with van der Waals surface area (Å²) in [4.78, 5) is 2.80. The first kappa shape index (κ1) is 12.6. The minimum absolute atomic E-state index is 0.0646. The van der Waals surface area contributed by atoms with E-state index in [4.69, 9.17) is 5.73 Å². The summed E-state index contributed by atoms with van der Waals surface area (Å²) in [7, 11) is 1.68. The average molecular weight is 280 g/mol. The summed E-state index contributed by atoms with van der Waals surface area (Å²) in [5, 5.41) is 4.48. The fourth-order valence-corrected chi connectivity index (χ4v) is 2.27. The van der Waals surface area contributed by atoms with Gasteiger partial charge in [0.25, 0.3) is 0 Å². The molecule has 0 aliphatic rings. The van der Waals surface area contributed by atoms with Gasteiger partial charge in [0.15, 0.2) is 0 Å². The van der Waals surface area contributed by atoms with Gasteiger partial charge in [-0.3, -0.25) is 4.68 Å². The van der Waals surface area contributed by atoms with Crippen molar-refractivity contribution in [2.45, 2.75) is 6.18 Å². The van der Waals surface area contributed by atoms with E-state index in [-0.39, 0.29) is 5.52 Å². The fraction of sp³-hybridized carbons (Fsp3) is 0.154. The largest absolute Gasteiger partial charge is 0.418 e. The Labute approximate surface area is 112 Å². The third-order valence-corrected chi connectivity index (χ3v) is 3.14. The number of aromatic amines is 1. The standard InChI is InChI=1S/C13H11F3N4/c1-20-10(6-11(17)19-20)9-5-7-3-2-4-8(12(7)18-9)13(14,15)16/h2-6,18H,1H3,(H2,17,19). The van der Waals surface area contributed by atoms with Crippen LogP contribution >= 0.6 is 0 Å². The topological polar surface area (TPSA) is 59.6 Å². The van der Waals surface area contributed by atoms with E-state index in [0.717, 1.165) is 6.07 Å². The number of rotatable bonds is 1. The second kappa shape index (κ2) is 4.03. The SMILES string of the molecule is Cn1nc(N)cc1-c1cc2cccc(C(F)(F)F)c2[nH]1. The molecule has 3 rings (SSSR count). The van der Waals surface area contributed by atoms with Crippen LogP contribution in [-0.2, 0) is 13.2 Å². The van der Waals surface area contributed by atoms with Crippen LogP contribution in [0.3, 0.4) is 0 Å². The summed E-state index contributed by atoms with van der Waals surface area (Å²) in [5.41, 5.74) is 6.14. The Hall–Kier alpha value is -2.44. The first-order valence-electron chi connectivity index (χ1n) is 5.85. The molecule has 7 heteroatoms. The highest BCUT2D eigenvalue weighted by molar-refractivity contribution is 5.88. The fourth-order valence-electron chi connectivity index (χ4n) is 2.27. The number of para-hydroxylation sites is 1. The highest BCUT2D eigenvalue weighted by Gasteiger charge is 2.33. The molecule has 0 bridgehead atoms. The smallest absolute Gasteiger partial charge is 0.382 e. The van der Waals surface area contributed by atoms with E-state index in [9.17, 15) is 13.2 Å². The molecule has 2 aromatic heterocycles. The van der Waals surface area contributed by atoms with Crippen molar-refractivity contribution >= 4 is 16.7 Å². The van der Waals surface area contributed by atoms with E-state index in [1.54, 1.807) is 25.2 Å². The van der Waals surface area contributed by atoms with E-state index in [0.29, 0.717) is 22.6 Å². The van der Waals surface area contributed by atoms with Crippen molar-refractivity contribution in [2.75, 3.05) is 5.73 Å². The Kier molecular flexibility index (Phi) is 2.53. The number of aryl methyl sites for hydroxylation is 1. The van der Waals surface area contributed by atoms with E-state index in [2.05, 4.69) is 10.1 Å². The molecule has 0 saturated carbocycles. The molecule has 4 nitrogen and oxygen atoms in total. The van der Waals surface area contributed by atoms with Crippen LogP contribution in [0.1, 0.15) is 5.56 Å². The van der Waals surface area contributed by atoms with Crippen molar-refractivity contribution in [2.24, 2.45) is 7.05 Å². The van der Waals surface area contributed by atoms with Crippen LogP contribution in [-0.4, -0.2) is 14.8 Å². The molecule has 0 unspecified atom stereocenters. The van der Waals surface area contributed by atoms with Gasteiger partial charge < -0.3 is 10.7 Å². The number of hydrogen-bond donors (Lipinski definition) is 2. The summed E-state index contributed by atoms with van der Waals surface area (Å²) < 4.78 is 40.4. The van der Waals surface area contributed by atoms with Crippen LogP contribution < -0.4 is 5.73 Å². The molecule has 0 spiro atoms. The Bertz CT molecular complexity index is 783. The van der Waals surface area contributed by atoms with Crippen molar-refractivity contribution in [3.63, 3.8) is 0 Å². The van der Waals surface area contributed by atoms with Gasteiger partial charge in [0.05, 0.1) is 22.5 Å². The van der Waals surface area contributed by atoms with E-state index in [1.165, 1.54) is 10.7 Å². The van der Waals surface area contributed by atoms with Crippen molar-refractivity contribution in [1.82, 2.24) is 14.8 Å². The molecule has 0 amide bonds. The van der Waals surface area contributed by atoms with Crippen LogP contribution in [0.5, 0.6) is 0 Å². The Morgan fingerprint density at radius 3 is 2.60 bits per heavy atom. The zero-order valence-electron chi connectivity index (χ0n) is 10.5. The van der Waals surface area contributed by atoms with Crippen LogP contribution in [0, 0.1) is 0 Å². The number of anilines is 1. The van der Waals surface area contributed by atoms with Gasteiger partial charge in [-0.25, -0.2) is 0 Å². The second-order valence-corrected chi connectivity index (χ2v) is 4.53. The molecule has 1 aromatic carbocycles. The van der Waals surface area contributed by atoms with E-state index in [1.807, 2.05) is 0 Å². The number of nitrogen functional groups attached to an aromatic ring is 1. The second-order valence-electron chi connectivity index (χ2n) is 4.53. The molecule has 0 radical (unpaired) electrons. The molecule has 0 saturated heterocycles. The van der Waals surface area contributed by atoms with Gasteiger partial charge in [-0.2, -0.15) is 18.3 Å².